The standard InChI is InChI=1S/C13H12N3O2/c1-13(2)11(17)6-12(18)16(13)8-3-4-9-10(5-8)15-7-14-9/h3-5,7,17H,1-2H3,(H,14,15). The summed E-state index contributed by atoms with van der Waals surface area (Å²) in [7, 11) is 0. The molecular weight excluding hydrogens is 230 g/mol. The van der Waals surface area contributed by atoms with Gasteiger partial charge < -0.3 is 10.1 Å². The number of rotatable bonds is 1. The molecule has 0 atom stereocenters. The van der Waals surface area contributed by atoms with Crippen LogP contribution in [0.25, 0.3) is 11.0 Å². The molecule has 1 aromatic carbocycles. The third-order valence-corrected chi connectivity index (χ3v) is 3.23. The van der Waals surface area contributed by atoms with Crippen molar-refractivity contribution >= 4 is 22.6 Å². The van der Waals surface area contributed by atoms with Crippen LogP contribution < -0.4 is 4.90 Å². The van der Waals surface area contributed by atoms with Gasteiger partial charge in [0, 0.05) is 5.69 Å². The minimum Gasteiger partial charge on any atom is -0.509 e. The third kappa shape index (κ3) is 1.33. The fraction of sp³-hybridized carbons (Fsp3) is 0.231. The number of hydrogen-bond donors (Lipinski definition) is 2. The van der Waals surface area contributed by atoms with Crippen LogP contribution in [-0.2, 0) is 4.79 Å². The quantitative estimate of drug-likeness (QED) is 0.802. The number of aromatic nitrogens is 2. The molecule has 0 saturated carbocycles. The van der Waals surface area contributed by atoms with Gasteiger partial charge in [-0.1, -0.05) is 0 Å². The summed E-state index contributed by atoms with van der Waals surface area (Å²) in [6, 6.07) is 5.49. The number of aliphatic hydroxyl groups excluding tert-OH is 1. The smallest absolute Gasteiger partial charge is 0.263 e. The molecule has 1 aliphatic heterocycles. The predicted molar refractivity (Wildman–Crippen MR) is 67.0 cm³/mol. The van der Waals surface area contributed by atoms with Gasteiger partial charge in [0.2, 0.25) is 0 Å². The van der Waals surface area contributed by atoms with E-state index in [0.717, 1.165) is 11.0 Å². The van der Waals surface area contributed by atoms with E-state index in [0.29, 0.717) is 5.69 Å². The molecule has 1 radical (unpaired) electrons. The monoisotopic (exact) mass is 242 g/mol. The number of carbonyl (C=O) groups excluding carboxylic acids is 1. The molecule has 0 spiro atoms. The number of nitrogens with one attached hydrogen (secondary N) is 1. The van der Waals surface area contributed by atoms with E-state index >= 15 is 0 Å². The van der Waals surface area contributed by atoms with Gasteiger partial charge in [-0.2, -0.15) is 0 Å². The Bertz CT molecular complexity index is 670. The van der Waals surface area contributed by atoms with Crippen LogP contribution in [0.15, 0.2) is 30.3 Å². The summed E-state index contributed by atoms with van der Waals surface area (Å²) in [4.78, 5) is 20.5. The Balaban J connectivity index is 2.12. The van der Waals surface area contributed by atoms with Crippen molar-refractivity contribution in [3.63, 3.8) is 0 Å². The number of carbonyl (C=O) groups is 1. The van der Waals surface area contributed by atoms with Gasteiger partial charge in [0.25, 0.3) is 5.91 Å². The van der Waals surface area contributed by atoms with Crippen molar-refractivity contribution in [2.75, 3.05) is 4.90 Å². The summed E-state index contributed by atoms with van der Waals surface area (Å²) in [6.45, 7) is 3.55. The first-order valence-corrected chi connectivity index (χ1v) is 5.61. The minimum atomic E-state index is -0.777. The Hall–Kier alpha value is -2.30. The molecule has 1 amide bonds. The van der Waals surface area contributed by atoms with E-state index in [-0.39, 0.29) is 11.7 Å². The molecule has 1 aromatic heterocycles. The average molecular weight is 242 g/mol. The van der Waals surface area contributed by atoms with Crippen molar-refractivity contribution in [1.29, 1.82) is 0 Å². The number of aromatic amines is 1. The van der Waals surface area contributed by atoms with Gasteiger partial charge in [0.15, 0.2) is 0 Å². The Morgan fingerprint density at radius 2 is 2.22 bits per heavy atom. The molecule has 0 bridgehead atoms. The molecule has 0 unspecified atom stereocenters. The summed E-state index contributed by atoms with van der Waals surface area (Å²) in [5.74, 6) is -0.387. The van der Waals surface area contributed by atoms with Gasteiger partial charge in [-0.3, -0.25) is 9.69 Å². The van der Waals surface area contributed by atoms with Gasteiger partial charge in [0.1, 0.15) is 11.3 Å². The van der Waals surface area contributed by atoms with Crippen LogP contribution in [0.2, 0.25) is 0 Å². The highest BCUT2D eigenvalue weighted by atomic mass is 16.3. The number of aliphatic hydroxyl groups is 1. The fourth-order valence-electron chi connectivity index (χ4n) is 2.17. The van der Waals surface area contributed by atoms with Crippen LogP contribution in [0.4, 0.5) is 5.69 Å². The second-order valence-corrected chi connectivity index (χ2v) is 4.78. The largest absolute Gasteiger partial charge is 0.509 e. The van der Waals surface area contributed by atoms with Crippen molar-refractivity contribution in [2.24, 2.45) is 0 Å². The first kappa shape index (κ1) is 10.8. The van der Waals surface area contributed by atoms with E-state index in [1.807, 2.05) is 18.2 Å². The third-order valence-electron chi connectivity index (χ3n) is 3.23. The van der Waals surface area contributed by atoms with E-state index in [1.165, 1.54) is 4.90 Å². The number of fused-ring (bicyclic) bond motifs is 1. The van der Waals surface area contributed by atoms with E-state index in [2.05, 4.69) is 16.0 Å². The summed E-state index contributed by atoms with van der Waals surface area (Å²) in [5.41, 5.74) is 1.61. The van der Waals surface area contributed by atoms with E-state index in [9.17, 15) is 9.90 Å². The molecule has 3 rings (SSSR count). The van der Waals surface area contributed by atoms with Crippen LogP contribution in [-0.4, -0.2) is 26.5 Å². The summed E-state index contributed by atoms with van der Waals surface area (Å²) >= 11 is 0. The summed E-state index contributed by atoms with van der Waals surface area (Å²) in [6.07, 6.45) is 4.03. The molecule has 0 fully saturated rings. The number of hydrogen-bond acceptors (Lipinski definition) is 3. The molecule has 2 aromatic rings. The van der Waals surface area contributed by atoms with E-state index < -0.39 is 5.54 Å². The van der Waals surface area contributed by atoms with E-state index in [4.69, 9.17) is 0 Å². The summed E-state index contributed by atoms with van der Waals surface area (Å²) < 4.78 is 0. The zero-order valence-electron chi connectivity index (χ0n) is 10.1. The molecule has 91 valence electrons. The highest BCUT2D eigenvalue weighted by Crippen LogP contribution is 2.34. The molecule has 5 heteroatoms. The zero-order chi connectivity index (χ0) is 12.9. The molecule has 0 aliphatic carbocycles. The Morgan fingerprint density at radius 1 is 1.44 bits per heavy atom. The maximum atomic E-state index is 11.9. The van der Waals surface area contributed by atoms with Crippen molar-refractivity contribution in [3.8, 4) is 0 Å². The van der Waals surface area contributed by atoms with Crippen LogP contribution in [0.5, 0.6) is 0 Å². The van der Waals surface area contributed by atoms with Crippen molar-refractivity contribution < 1.29 is 9.90 Å². The SMILES string of the molecule is CC1(C)C(O)=[C]C(=O)N1c1ccc2[nH]cnc2c1. The first-order valence-electron chi connectivity index (χ1n) is 5.61. The molecule has 18 heavy (non-hydrogen) atoms. The predicted octanol–water partition coefficient (Wildman–Crippen LogP) is 1.93. The van der Waals surface area contributed by atoms with Gasteiger partial charge in [-0.05, 0) is 32.0 Å². The lowest BCUT2D eigenvalue weighted by atomic mass is 10.0. The zero-order valence-corrected chi connectivity index (χ0v) is 10.1. The molecule has 0 saturated heterocycles. The number of nitrogens with zero attached hydrogens (tertiary/aromatic N) is 2. The fourth-order valence-corrected chi connectivity index (χ4v) is 2.17. The van der Waals surface area contributed by atoms with Gasteiger partial charge in [0.05, 0.1) is 23.4 Å². The minimum absolute atomic E-state index is 0.0466. The maximum Gasteiger partial charge on any atom is 0.263 e. The lowest BCUT2D eigenvalue weighted by molar-refractivity contribution is -0.114. The van der Waals surface area contributed by atoms with Gasteiger partial charge in [-0.15, -0.1) is 0 Å². The topological polar surface area (TPSA) is 69.2 Å². The molecule has 5 nitrogen and oxygen atoms in total. The molecular formula is C13H12N3O2. The van der Waals surface area contributed by atoms with Crippen LogP contribution in [0.3, 0.4) is 0 Å². The van der Waals surface area contributed by atoms with E-state index in [1.54, 1.807) is 20.2 Å². The van der Waals surface area contributed by atoms with Gasteiger partial charge >= 0.3 is 0 Å². The highest BCUT2D eigenvalue weighted by molar-refractivity contribution is 6.04. The number of H-pyrrole nitrogens is 1. The lowest BCUT2D eigenvalue weighted by Crippen LogP contribution is -2.43. The van der Waals surface area contributed by atoms with Crippen molar-refractivity contribution in [1.82, 2.24) is 9.97 Å². The maximum absolute atomic E-state index is 11.9. The number of amides is 1. The molecule has 2 N–H and O–H groups in total. The van der Waals surface area contributed by atoms with Crippen molar-refractivity contribution in [3.05, 3.63) is 36.4 Å². The highest BCUT2D eigenvalue weighted by Gasteiger charge is 2.41. The average Bonchev–Trinajstić information content (AvgIpc) is 2.82. The summed E-state index contributed by atoms with van der Waals surface area (Å²) in [5, 5.41) is 9.75. The number of benzene rings is 1. The van der Waals surface area contributed by atoms with Crippen LogP contribution in [0, 0.1) is 6.08 Å². The Labute approximate surface area is 104 Å². The normalized spacial score (nSPS) is 18.4. The van der Waals surface area contributed by atoms with Gasteiger partial charge in [-0.25, -0.2) is 4.98 Å². The van der Waals surface area contributed by atoms with Crippen LogP contribution in [0.1, 0.15) is 13.8 Å². The Morgan fingerprint density at radius 3 is 2.89 bits per heavy atom. The molecule has 1 aliphatic rings. The lowest BCUT2D eigenvalue weighted by Gasteiger charge is -2.32. The van der Waals surface area contributed by atoms with Crippen molar-refractivity contribution in [2.45, 2.75) is 19.4 Å². The molecule has 2 heterocycles. The number of imidazole rings is 1. The number of anilines is 1. The second kappa shape index (κ2) is 3.35. The van der Waals surface area contributed by atoms with Crippen LogP contribution >= 0.6 is 0 Å². The Kier molecular flexibility index (Phi) is 2.02. The first-order chi connectivity index (χ1) is 8.50. The second-order valence-electron chi connectivity index (χ2n) is 4.78.